The second-order valence-electron chi connectivity index (χ2n) is 8.49. The van der Waals surface area contributed by atoms with Crippen LogP contribution < -0.4 is 5.73 Å². The third-order valence-electron chi connectivity index (χ3n) is 6.23. The van der Waals surface area contributed by atoms with E-state index in [1.54, 1.807) is 11.9 Å². The summed E-state index contributed by atoms with van der Waals surface area (Å²) < 4.78 is 2.12. The van der Waals surface area contributed by atoms with Gasteiger partial charge in [0, 0.05) is 55.9 Å². The van der Waals surface area contributed by atoms with Crippen LogP contribution in [-0.2, 0) is 11.8 Å². The summed E-state index contributed by atoms with van der Waals surface area (Å²) in [5, 5.41) is 1.19. The Morgan fingerprint density at radius 1 is 1.09 bits per heavy atom. The number of aliphatic imine (C=N–C) groups is 1. The minimum atomic E-state index is 0.206. The molecule has 1 aromatic heterocycles. The van der Waals surface area contributed by atoms with Crippen LogP contribution >= 0.6 is 0 Å². The lowest BCUT2D eigenvalue weighted by Crippen LogP contribution is -2.48. The van der Waals surface area contributed by atoms with Crippen molar-refractivity contribution in [3.8, 4) is 0 Å². The number of nitrogens with two attached hydrogens (primary N) is 1. The van der Waals surface area contributed by atoms with E-state index in [2.05, 4.69) is 66.0 Å². The van der Waals surface area contributed by atoms with Crippen LogP contribution in [0.2, 0.25) is 0 Å². The summed E-state index contributed by atoms with van der Waals surface area (Å²) in [6.45, 7) is 3.67. The number of piperidine rings is 1. The molecular formula is C26H31N5O. The van der Waals surface area contributed by atoms with Gasteiger partial charge in [-0.05, 0) is 49.1 Å². The summed E-state index contributed by atoms with van der Waals surface area (Å²) >= 11 is 0. The Morgan fingerprint density at radius 2 is 1.81 bits per heavy atom. The summed E-state index contributed by atoms with van der Waals surface area (Å²) in [5.74, 6) is 0.658. The zero-order valence-corrected chi connectivity index (χ0v) is 19.0. The number of hydrogen-bond acceptors (Lipinski definition) is 3. The lowest BCUT2D eigenvalue weighted by molar-refractivity contribution is -0.114. The van der Waals surface area contributed by atoms with Crippen molar-refractivity contribution in [1.29, 1.82) is 0 Å². The number of carbonyl (C=O) groups is 1. The van der Waals surface area contributed by atoms with Crippen molar-refractivity contribution in [2.75, 3.05) is 20.1 Å². The lowest BCUT2D eigenvalue weighted by atomic mass is 10.00. The summed E-state index contributed by atoms with van der Waals surface area (Å²) in [7, 11) is 3.81. The number of guanidine groups is 1. The van der Waals surface area contributed by atoms with Crippen molar-refractivity contribution >= 4 is 34.5 Å². The van der Waals surface area contributed by atoms with Crippen molar-refractivity contribution in [3.63, 3.8) is 0 Å². The molecule has 0 unspecified atom stereocenters. The first kappa shape index (κ1) is 21.8. The van der Waals surface area contributed by atoms with Crippen LogP contribution in [0.1, 0.15) is 30.9 Å². The van der Waals surface area contributed by atoms with Crippen LogP contribution in [0.5, 0.6) is 0 Å². The number of aromatic nitrogens is 1. The fourth-order valence-electron chi connectivity index (χ4n) is 4.23. The summed E-state index contributed by atoms with van der Waals surface area (Å²) in [5.41, 5.74) is 11.4. The van der Waals surface area contributed by atoms with Crippen molar-refractivity contribution in [1.82, 2.24) is 14.4 Å². The molecular weight excluding hydrogens is 398 g/mol. The average Bonchev–Trinajstić information content (AvgIpc) is 3.20. The number of hydrogen-bond donors (Lipinski definition) is 1. The van der Waals surface area contributed by atoms with Crippen LogP contribution in [0.3, 0.4) is 0 Å². The molecule has 3 aromatic rings. The maximum atomic E-state index is 11.7. The van der Waals surface area contributed by atoms with Gasteiger partial charge in [-0.3, -0.25) is 9.69 Å². The highest BCUT2D eigenvalue weighted by atomic mass is 16.1. The largest absolute Gasteiger partial charge is 0.351 e. The quantitative estimate of drug-likeness (QED) is 0.296. The van der Waals surface area contributed by atoms with Crippen molar-refractivity contribution in [3.05, 3.63) is 71.9 Å². The number of amides is 1. The Labute approximate surface area is 189 Å². The molecule has 2 heterocycles. The van der Waals surface area contributed by atoms with Gasteiger partial charge in [-0.25, -0.2) is 4.99 Å². The molecule has 166 valence electrons. The Bertz CT molecular complexity index is 1150. The fourth-order valence-corrected chi connectivity index (χ4v) is 4.23. The molecule has 4 rings (SSSR count). The highest BCUT2D eigenvalue weighted by Crippen LogP contribution is 2.30. The van der Waals surface area contributed by atoms with Crippen LogP contribution in [0.25, 0.3) is 22.2 Å². The highest BCUT2D eigenvalue weighted by molar-refractivity contribution is 5.99. The first-order valence-electron chi connectivity index (χ1n) is 11.1. The lowest BCUT2D eigenvalue weighted by Gasteiger charge is -2.34. The smallest absolute Gasteiger partial charge is 0.216 e. The molecule has 0 bridgehead atoms. The first-order chi connectivity index (χ1) is 15.5. The van der Waals surface area contributed by atoms with E-state index < -0.39 is 0 Å². The minimum absolute atomic E-state index is 0.206. The maximum absolute atomic E-state index is 11.7. The van der Waals surface area contributed by atoms with Gasteiger partial charge in [0.25, 0.3) is 0 Å². The predicted molar refractivity (Wildman–Crippen MR) is 132 cm³/mol. The molecule has 1 amide bonds. The van der Waals surface area contributed by atoms with Gasteiger partial charge in [0.1, 0.15) is 0 Å². The molecule has 1 aliphatic heterocycles. The predicted octanol–water partition coefficient (Wildman–Crippen LogP) is 3.93. The molecule has 32 heavy (non-hydrogen) atoms. The van der Waals surface area contributed by atoms with E-state index in [4.69, 9.17) is 10.7 Å². The normalized spacial score (nSPS) is 16.2. The number of aryl methyl sites for hydroxylation is 1. The Kier molecular flexibility index (Phi) is 6.42. The van der Waals surface area contributed by atoms with Crippen LogP contribution in [0.15, 0.2) is 65.8 Å². The summed E-state index contributed by atoms with van der Waals surface area (Å²) in [6, 6.07) is 19.0. The third kappa shape index (κ3) is 4.46. The molecule has 0 saturated carbocycles. The first-order valence-corrected chi connectivity index (χ1v) is 11.1. The van der Waals surface area contributed by atoms with Gasteiger partial charge >= 0.3 is 0 Å². The summed E-state index contributed by atoms with van der Waals surface area (Å²) in [4.78, 5) is 20.6. The number of benzene rings is 2. The minimum Gasteiger partial charge on any atom is -0.351 e. The molecule has 6 nitrogen and oxygen atoms in total. The molecule has 6 heteroatoms. The van der Waals surface area contributed by atoms with Gasteiger partial charge in [-0.1, -0.05) is 36.4 Å². The van der Waals surface area contributed by atoms with Crippen molar-refractivity contribution < 1.29 is 4.79 Å². The number of nitrogens with zero attached hydrogens (tertiary/aromatic N) is 4. The molecule has 1 fully saturated rings. The molecule has 0 aliphatic carbocycles. The standard InChI is InChI=1S/C26H31N5O/c1-19(21-9-10-24-22(17-21)11-14-29(24)2)25(20-7-5-4-6-8-20)28-26(30(3)18-32)31-15-12-23(27)13-16-31/h4-11,14,17-18,23H,12-13,15-16,27H2,1-3H3/b25-19+,28-26?. The number of rotatable bonds is 4. The number of carbonyl (C=O) groups excluding carboxylic acids is 1. The Morgan fingerprint density at radius 3 is 2.50 bits per heavy atom. The van der Waals surface area contributed by atoms with Crippen LogP contribution in [0, 0.1) is 0 Å². The zero-order valence-electron chi connectivity index (χ0n) is 19.0. The van der Waals surface area contributed by atoms with E-state index in [9.17, 15) is 4.79 Å². The van der Waals surface area contributed by atoms with Gasteiger partial charge in [-0.2, -0.15) is 0 Å². The van der Waals surface area contributed by atoms with E-state index in [0.29, 0.717) is 5.96 Å². The zero-order chi connectivity index (χ0) is 22.7. The molecule has 1 aliphatic rings. The second-order valence-corrected chi connectivity index (χ2v) is 8.49. The highest BCUT2D eigenvalue weighted by Gasteiger charge is 2.23. The SMILES string of the molecule is C/C(=C(\N=C(N(C)C=O)N1CCC(N)CC1)c1ccccc1)c1ccc2c(ccn2C)c1. The van der Waals surface area contributed by atoms with Gasteiger partial charge in [-0.15, -0.1) is 0 Å². The van der Waals surface area contributed by atoms with Crippen LogP contribution in [0.4, 0.5) is 0 Å². The number of likely N-dealkylation sites (tertiary alicyclic amines) is 1. The number of allylic oxidation sites excluding steroid dienone is 1. The van der Waals surface area contributed by atoms with E-state index >= 15 is 0 Å². The second kappa shape index (κ2) is 9.40. The monoisotopic (exact) mass is 429 g/mol. The van der Waals surface area contributed by atoms with E-state index in [-0.39, 0.29) is 6.04 Å². The number of fused-ring (bicyclic) bond motifs is 1. The van der Waals surface area contributed by atoms with E-state index in [1.165, 1.54) is 10.9 Å². The Hall–Kier alpha value is -3.38. The molecule has 2 N–H and O–H groups in total. The molecule has 1 saturated heterocycles. The maximum Gasteiger partial charge on any atom is 0.216 e. The van der Waals surface area contributed by atoms with Crippen molar-refractivity contribution in [2.45, 2.75) is 25.8 Å². The van der Waals surface area contributed by atoms with E-state index in [1.807, 2.05) is 18.2 Å². The fraction of sp³-hybridized carbons (Fsp3) is 0.308. The van der Waals surface area contributed by atoms with E-state index in [0.717, 1.165) is 54.7 Å². The Balaban J connectivity index is 1.85. The molecule has 0 radical (unpaired) electrons. The molecule has 0 spiro atoms. The van der Waals surface area contributed by atoms with Gasteiger partial charge in [0.2, 0.25) is 12.4 Å². The van der Waals surface area contributed by atoms with Gasteiger partial charge < -0.3 is 15.2 Å². The molecule has 0 atom stereocenters. The summed E-state index contributed by atoms with van der Waals surface area (Å²) in [6.07, 6.45) is 4.67. The van der Waals surface area contributed by atoms with Gasteiger partial charge in [0.05, 0.1) is 5.70 Å². The third-order valence-corrected chi connectivity index (χ3v) is 6.23. The topological polar surface area (TPSA) is 66.9 Å². The molecule has 2 aromatic carbocycles. The van der Waals surface area contributed by atoms with Crippen LogP contribution in [-0.4, -0.2) is 52.9 Å². The average molecular weight is 430 g/mol. The van der Waals surface area contributed by atoms with Gasteiger partial charge in [0.15, 0.2) is 0 Å². The van der Waals surface area contributed by atoms with Crippen molar-refractivity contribution in [2.24, 2.45) is 17.8 Å².